The third-order valence-electron chi connectivity index (χ3n) is 8.16. The van der Waals surface area contributed by atoms with E-state index in [0.29, 0.717) is 0 Å². The molecule has 3 nitrogen and oxygen atoms in total. The van der Waals surface area contributed by atoms with Gasteiger partial charge < -0.3 is 13.6 Å². The molecule has 0 aliphatic carbocycles. The van der Waals surface area contributed by atoms with Gasteiger partial charge in [-0.25, -0.2) is 0 Å². The summed E-state index contributed by atoms with van der Waals surface area (Å²) in [6.45, 7) is 0. The van der Waals surface area contributed by atoms with Gasteiger partial charge in [0.25, 0.3) is 0 Å². The lowest BCUT2D eigenvalue weighted by Gasteiger charge is -2.12. The van der Waals surface area contributed by atoms with E-state index in [4.69, 9.17) is 4.42 Å². The molecule has 188 valence electrons. The van der Waals surface area contributed by atoms with Crippen LogP contribution in [0.5, 0.6) is 0 Å². The highest BCUT2D eigenvalue weighted by atomic mass is 79.9. The number of furan rings is 1. The first-order valence-electron chi connectivity index (χ1n) is 13.4. The van der Waals surface area contributed by atoms with Crippen LogP contribution in [-0.4, -0.2) is 9.13 Å². The Bertz CT molecular complexity index is 2460. The predicted molar refractivity (Wildman–Crippen MR) is 170 cm³/mol. The lowest BCUT2D eigenvalue weighted by Crippen LogP contribution is -1.98. The minimum Gasteiger partial charge on any atom is -0.455 e. The molecule has 40 heavy (non-hydrogen) atoms. The molecule has 0 amide bonds. The molecule has 0 saturated carbocycles. The van der Waals surface area contributed by atoms with Crippen LogP contribution in [0.1, 0.15) is 0 Å². The molecular weight excluding hydrogens is 556 g/mol. The van der Waals surface area contributed by atoms with Crippen molar-refractivity contribution in [2.45, 2.75) is 0 Å². The smallest absolute Gasteiger partial charge is 0.145 e. The molecule has 0 fully saturated rings. The lowest BCUT2D eigenvalue weighted by molar-refractivity contribution is 0.673. The molecule has 3 aromatic heterocycles. The van der Waals surface area contributed by atoms with Crippen LogP contribution < -0.4 is 0 Å². The normalized spacial score (nSPS) is 12.1. The first-order chi connectivity index (χ1) is 19.8. The van der Waals surface area contributed by atoms with Gasteiger partial charge in [-0.1, -0.05) is 76.6 Å². The Kier molecular flexibility index (Phi) is 4.47. The minimum atomic E-state index is 0.918. The van der Waals surface area contributed by atoms with Gasteiger partial charge in [-0.05, 0) is 66.7 Å². The number of hydrogen-bond acceptors (Lipinski definition) is 1. The molecule has 9 aromatic rings. The third kappa shape index (κ3) is 2.94. The molecule has 0 radical (unpaired) electrons. The van der Waals surface area contributed by atoms with E-state index >= 15 is 0 Å². The maximum Gasteiger partial charge on any atom is 0.145 e. The van der Waals surface area contributed by atoms with Gasteiger partial charge in [0, 0.05) is 42.8 Å². The van der Waals surface area contributed by atoms with E-state index in [9.17, 15) is 0 Å². The fourth-order valence-electron chi connectivity index (χ4n) is 6.51. The van der Waals surface area contributed by atoms with Gasteiger partial charge in [0.15, 0.2) is 0 Å². The first kappa shape index (κ1) is 22.1. The monoisotopic (exact) mass is 576 g/mol. The molecular formula is C36H21BrN2O. The Hall–Kier alpha value is -4.80. The summed E-state index contributed by atoms with van der Waals surface area (Å²) < 4.78 is 12.3. The Morgan fingerprint density at radius 2 is 1.07 bits per heavy atom. The molecule has 0 bridgehead atoms. The summed E-state index contributed by atoms with van der Waals surface area (Å²) in [7, 11) is 0. The summed E-state index contributed by atoms with van der Waals surface area (Å²) in [5.74, 6) is 0. The molecule has 0 atom stereocenters. The van der Waals surface area contributed by atoms with Crippen molar-refractivity contribution in [3.8, 4) is 11.4 Å². The van der Waals surface area contributed by atoms with E-state index in [2.05, 4.69) is 140 Å². The Morgan fingerprint density at radius 1 is 0.450 bits per heavy atom. The molecule has 0 saturated heterocycles. The summed E-state index contributed by atoms with van der Waals surface area (Å²) in [5.41, 5.74) is 8.78. The van der Waals surface area contributed by atoms with Gasteiger partial charge in [-0.2, -0.15) is 0 Å². The molecule has 0 unspecified atom stereocenters. The third-order valence-corrected chi connectivity index (χ3v) is 8.65. The molecule has 3 heterocycles. The van der Waals surface area contributed by atoms with Gasteiger partial charge in [-0.3, -0.25) is 0 Å². The van der Waals surface area contributed by atoms with E-state index < -0.39 is 0 Å². The van der Waals surface area contributed by atoms with E-state index in [1.807, 2.05) is 12.1 Å². The summed E-state index contributed by atoms with van der Waals surface area (Å²) in [6.07, 6.45) is 0. The topological polar surface area (TPSA) is 23.0 Å². The maximum atomic E-state index is 6.49. The molecule has 0 aliphatic heterocycles. The number of halogens is 1. The molecule has 0 N–H and O–H groups in total. The fraction of sp³-hybridized carbons (Fsp3) is 0. The number of benzene rings is 6. The number of nitrogens with zero attached hydrogens (tertiary/aromatic N) is 2. The van der Waals surface area contributed by atoms with Gasteiger partial charge in [-0.15, -0.1) is 0 Å². The van der Waals surface area contributed by atoms with E-state index in [0.717, 1.165) is 54.2 Å². The van der Waals surface area contributed by atoms with Gasteiger partial charge in [0.2, 0.25) is 0 Å². The van der Waals surface area contributed by atoms with Crippen LogP contribution in [-0.2, 0) is 0 Å². The van der Waals surface area contributed by atoms with Crippen molar-refractivity contribution in [1.29, 1.82) is 0 Å². The highest BCUT2D eigenvalue weighted by Gasteiger charge is 2.19. The molecule has 4 heteroatoms. The van der Waals surface area contributed by atoms with Crippen LogP contribution in [0.25, 0.3) is 76.9 Å². The summed E-state index contributed by atoms with van der Waals surface area (Å²) in [6, 6.07) is 45.4. The predicted octanol–water partition coefficient (Wildman–Crippen LogP) is 10.5. The van der Waals surface area contributed by atoms with Crippen LogP contribution in [0.15, 0.2) is 136 Å². The van der Waals surface area contributed by atoms with Gasteiger partial charge >= 0.3 is 0 Å². The number of hydrogen-bond donors (Lipinski definition) is 0. The lowest BCUT2D eigenvalue weighted by atomic mass is 10.1. The van der Waals surface area contributed by atoms with Crippen LogP contribution in [0.2, 0.25) is 0 Å². The zero-order chi connectivity index (χ0) is 26.4. The average molecular weight is 577 g/mol. The van der Waals surface area contributed by atoms with Crippen molar-refractivity contribution in [3.05, 3.63) is 132 Å². The second-order valence-electron chi connectivity index (χ2n) is 10.3. The summed E-state index contributed by atoms with van der Waals surface area (Å²) in [4.78, 5) is 0. The second-order valence-corrected chi connectivity index (χ2v) is 11.2. The van der Waals surface area contributed by atoms with Crippen molar-refractivity contribution in [1.82, 2.24) is 9.13 Å². The quantitative estimate of drug-likeness (QED) is 0.200. The van der Waals surface area contributed by atoms with E-state index in [1.54, 1.807) is 0 Å². The zero-order valence-electron chi connectivity index (χ0n) is 21.3. The Morgan fingerprint density at radius 3 is 1.90 bits per heavy atom. The van der Waals surface area contributed by atoms with Crippen LogP contribution in [0.4, 0.5) is 0 Å². The SMILES string of the molecule is Brc1ccc2c(c1)c1ccccc1n2-c1cccc(-n2c3ccccc3c3c4oc5ccccc5c4ccc32)c1. The van der Waals surface area contributed by atoms with Gasteiger partial charge in [0.1, 0.15) is 11.2 Å². The van der Waals surface area contributed by atoms with Crippen LogP contribution in [0.3, 0.4) is 0 Å². The highest BCUT2D eigenvalue weighted by molar-refractivity contribution is 9.10. The first-order valence-corrected chi connectivity index (χ1v) is 14.2. The van der Waals surface area contributed by atoms with Crippen molar-refractivity contribution < 1.29 is 4.42 Å². The zero-order valence-corrected chi connectivity index (χ0v) is 22.9. The Labute approximate surface area is 237 Å². The average Bonchev–Trinajstić information content (AvgIpc) is 3.64. The molecule has 0 aliphatic rings. The number of rotatable bonds is 2. The number of aromatic nitrogens is 2. The number of para-hydroxylation sites is 3. The van der Waals surface area contributed by atoms with Crippen molar-refractivity contribution in [2.75, 3.05) is 0 Å². The van der Waals surface area contributed by atoms with Crippen molar-refractivity contribution in [2.24, 2.45) is 0 Å². The van der Waals surface area contributed by atoms with Gasteiger partial charge in [0.05, 0.1) is 27.5 Å². The fourth-order valence-corrected chi connectivity index (χ4v) is 6.87. The van der Waals surface area contributed by atoms with Crippen molar-refractivity contribution in [3.63, 3.8) is 0 Å². The molecule has 6 aromatic carbocycles. The molecule has 9 rings (SSSR count). The largest absolute Gasteiger partial charge is 0.455 e. The van der Waals surface area contributed by atoms with E-state index in [-0.39, 0.29) is 0 Å². The highest BCUT2D eigenvalue weighted by Crippen LogP contribution is 2.41. The minimum absolute atomic E-state index is 0.918. The Balaban J connectivity index is 1.36. The summed E-state index contributed by atoms with van der Waals surface area (Å²) in [5, 5.41) is 7.12. The summed E-state index contributed by atoms with van der Waals surface area (Å²) >= 11 is 3.68. The standard InChI is InChI=1S/C36H21BrN2O/c37-22-16-18-32-29(20-22)25-10-1-4-13-30(25)38(32)23-8-7-9-24(21-23)39-31-14-5-2-12-28(31)35-33(39)19-17-27-26-11-3-6-15-34(26)40-36(27)35/h1-21H. The van der Waals surface area contributed by atoms with Crippen LogP contribution >= 0.6 is 15.9 Å². The molecule has 0 spiro atoms. The van der Waals surface area contributed by atoms with E-state index in [1.165, 1.54) is 27.2 Å². The second kappa shape index (κ2) is 8.10. The van der Waals surface area contributed by atoms with Crippen molar-refractivity contribution >= 4 is 81.5 Å². The maximum absolute atomic E-state index is 6.49. The number of fused-ring (bicyclic) bond motifs is 10. The van der Waals surface area contributed by atoms with Crippen LogP contribution in [0, 0.1) is 0 Å².